The van der Waals surface area contributed by atoms with Crippen LogP contribution in [-0.2, 0) is 7.05 Å². The molecule has 0 aliphatic carbocycles. The molecule has 0 N–H and O–H groups in total. The fourth-order valence-electron chi connectivity index (χ4n) is 2.46. The molecule has 0 fully saturated rings. The van der Waals surface area contributed by atoms with E-state index in [1.807, 2.05) is 6.07 Å². The van der Waals surface area contributed by atoms with Gasteiger partial charge in [-0.05, 0) is 30.3 Å². The standard InChI is InChI=1S/C19H13N3O4/c1-21-12-14(5-8-19(21)23)17-10-15(22(24)25)6-7-18(17)26-16-4-2-3-13(9-16)11-20/h2-10,12H,1H3. The molecule has 0 aliphatic heterocycles. The summed E-state index contributed by atoms with van der Waals surface area (Å²) in [6.45, 7) is 0. The zero-order valence-corrected chi connectivity index (χ0v) is 13.7. The van der Waals surface area contributed by atoms with E-state index in [9.17, 15) is 14.9 Å². The molecule has 1 heterocycles. The fourth-order valence-corrected chi connectivity index (χ4v) is 2.46. The molecule has 128 valence electrons. The van der Waals surface area contributed by atoms with Gasteiger partial charge in [0.25, 0.3) is 5.69 Å². The number of nitrogens with zero attached hydrogens (tertiary/aromatic N) is 3. The molecule has 0 atom stereocenters. The average Bonchev–Trinajstić information content (AvgIpc) is 2.64. The Bertz CT molecular complexity index is 1100. The van der Waals surface area contributed by atoms with E-state index >= 15 is 0 Å². The maximum absolute atomic E-state index is 11.6. The molecule has 7 nitrogen and oxygen atoms in total. The number of rotatable bonds is 4. The van der Waals surface area contributed by atoms with Crippen LogP contribution < -0.4 is 10.3 Å². The van der Waals surface area contributed by atoms with Crippen LogP contribution in [0.1, 0.15) is 5.56 Å². The van der Waals surface area contributed by atoms with E-state index in [4.69, 9.17) is 10.00 Å². The number of hydrogen-bond acceptors (Lipinski definition) is 5. The van der Waals surface area contributed by atoms with E-state index in [0.29, 0.717) is 28.2 Å². The van der Waals surface area contributed by atoms with Crippen molar-refractivity contribution in [3.05, 3.63) is 86.8 Å². The van der Waals surface area contributed by atoms with E-state index in [-0.39, 0.29) is 11.2 Å². The minimum Gasteiger partial charge on any atom is -0.457 e. The van der Waals surface area contributed by atoms with E-state index in [1.54, 1.807) is 43.6 Å². The number of non-ortho nitro benzene ring substituents is 1. The van der Waals surface area contributed by atoms with Crippen LogP contribution >= 0.6 is 0 Å². The molecule has 3 aromatic rings. The Morgan fingerprint density at radius 1 is 1.15 bits per heavy atom. The quantitative estimate of drug-likeness (QED) is 0.530. The molecule has 2 aromatic carbocycles. The van der Waals surface area contributed by atoms with Gasteiger partial charge in [0.1, 0.15) is 11.5 Å². The second-order valence-corrected chi connectivity index (χ2v) is 5.55. The summed E-state index contributed by atoms with van der Waals surface area (Å²) in [7, 11) is 1.60. The second-order valence-electron chi connectivity index (χ2n) is 5.55. The molecule has 0 aliphatic rings. The van der Waals surface area contributed by atoms with Crippen molar-refractivity contribution < 1.29 is 9.66 Å². The lowest BCUT2D eigenvalue weighted by molar-refractivity contribution is -0.384. The van der Waals surface area contributed by atoms with Crippen LogP contribution in [-0.4, -0.2) is 9.49 Å². The van der Waals surface area contributed by atoms with Crippen LogP contribution in [0.25, 0.3) is 11.1 Å². The summed E-state index contributed by atoms with van der Waals surface area (Å²) in [5.74, 6) is 0.813. The van der Waals surface area contributed by atoms with Crippen molar-refractivity contribution >= 4 is 5.69 Å². The molecule has 26 heavy (non-hydrogen) atoms. The van der Waals surface area contributed by atoms with E-state index in [0.717, 1.165) is 0 Å². The average molecular weight is 347 g/mol. The molecule has 0 unspecified atom stereocenters. The first-order valence-electron chi connectivity index (χ1n) is 7.61. The Morgan fingerprint density at radius 3 is 2.65 bits per heavy atom. The van der Waals surface area contributed by atoms with Gasteiger partial charge in [-0.3, -0.25) is 14.9 Å². The molecule has 0 saturated carbocycles. The van der Waals surface area contributed by atoms with Crippen molar-refractivity contribution in [1.82, 2.24) is 4.57 Å². The number of ether oxygens (including phenoxy) is 1. The van der Waals surface area contributed by atoms with Crippen LogP contribution in [0.5, 0.6) is 11.5 Å². The Morgan fingerprint density at radius 2 is 1.96 bits per heavy atom. The van der Waals surface area contributed by atoms with Crippen molar-refractivity contribution in [2.75, 3.05) is 0 Å². The number of hydrogen-bond donors (Lipinski definition) is 0. The summed E-state index contributed by atoms with van der Waals surface area (Å²) in [5, 5.41) is 20.1. The van der Waals surface area contributed by atoms with E-state index < -0.39 is 4.92 Å². The monoisotopic (exact) mass is 347 g/mol. The van der Waals surface area contributed by atoms with Crippen molar-refractivity contribution in [3.8, 4) is 28.7 Å². The summed E-state index contributed by atoms with van der Waals surface area (Å²) in [4.78, 5) is 22.3. The highest BCUT2D eigenvalue weighted by atomic mass is 16.6. The van der Waals surface area contributed by atoms with Crippen molar-refractivity contribution in [3.63, 3.8) is 0 Å². The van der Waals surface area contributed by atoms with Gasteiger partial charge in [0.05, 0.1) is 16.6 Å². The number of nitriles is 1. The molecular formula is C19H13N3O4. The number of nitro benzene ring substituents is 1. The number of nitro groups is 1. The van der Waals surface area contributed by atoms with Crippen molar-refractivity contribution in [1.29, 1.82) is 5.26 Å². The fraction of sp³-hybridized carbons (Fsp3) is 0.0526. The lowest BCUT2D eigenvalue weighted by atomic mass is 10.1. The first-order valence-corrected chi connectivity index (χ1v) is 7.61. The molecular weight excluding hydrogens is 334 g/mol. The third kappa shape index (κ3) is 3.44. The lowest BCUT2D eigenvalue weighted by Crippen LogP contribution is -2.14. The van der Waals surface area contributed by atoms with Gasteiger partial charge in [-0.1, -0.05) is 6.07 Å². The highest BCUT2D eigenvalue weighted by molar-refractivity contribution is 5.73. The smallest absolute Gasteiger partial charge is 0.270 e. The van der Waals surface area contributed by atoms with Gasteiger partial charge in [0, 0.05) is 42.6 Å². The topological polar surface area (TPSA) is 98.2 Å². The maximum Gasteiger partial charge on any atom is 0.270 e. The van der Waals surface area contributed by atoms with Crippen LogP contribution in [0.3, 0.4) is 0 Å². The van der Waals surface area contributed by atoms with Gasteiger partial charge >= 0.3 is 0 Å². The van der Waals surface area contributed by atoms with Gasteiger partial charge in [-0.25, -0.2) is 0 Å². The first-order chi connectivity index (χ1) is 12.5. The van der Waals surface area contributed by atoms with Crippen molar-refractivity contribution in [2.24, 2.45) is 7.05 Å². The zero-order valence-electron chi connectivity index (χ0n) is 13.7. The van der Waals surface area contributed by atoms with Gasteiger partial charge in [-0.15, -0.1) is 0 Å². The first kappa shape index (κ1) is 16.9. The van der Waals surface area contributed by atoms with E-state index in [1.165, 1.54) is 28.8 Å². The normalized spacial score (nSPS) is 10.2. The highest BCUT2D eigenvalue weighted by Gasteiger charge is 2.15. The van der Waals surface area contributed by atoms with Crippen LogP contribution in [0.4, 0.5) is 5.69 Å². The van der Waals surface area contributed by atoms with Crippen molar-refractivity contribution in [2.45, 2.75) is 0 Å². The van der Waals surface area contributed by atoms with Gasteiger partial charge < -0.3 is 9.30 Å². The minimum atomic E-state index is -0.494. The molecule has 0 amide bonds. The van der Waals surface area contributed by atoms with E-state index in [2.05, 4.69) is 0 Å². The highest BCUT2D eigenvalue weighted by Crippen LogP contribution is 2.36. The largest absolute Gasteiger partial charge is 0.457 e. The predicted octanol–water partition coefficient (Wildman–Crippen LogP) is 3.62. The minimum absolute atomic E-state index is 0.0908. The van der Waals surface area contributed by atoms with Crippen LogP contribution in [0.15, 0.2) is 65.6 Å². The molecule has 3 rings (SSSR count). The molecule has 1 aromatic heterocycles. The van der Waals surface area contributed by atoms with Gasteiger partial charge in [-0.2, -0.15) is 5.26 Å². The number of benzene rings is 2. The lowest BCUT2D eigenvalue weighted by Gasteiger charge is -2.12. The van der Waals surface area contributed by atoms with Crippen LogP contribution in [0.2, 0.25) is 0 Å². The van der Waals surface area contributed by atoms with Crippen LogP contribution in [0, 0.1) is 21.4 Å². The van der Waals surface area contributed by atoms with Gasteiger partial charge in [0.2, 0.25) is 5.56 Å². The summed E-state index contributed by atoms with van der Waals surface area (Å²) >= 11 is 0. The Kier molecular flexibility index (Phi) is 4.50. The SMILES string of the molecule is Cn1cc(-c2cc([N+](=O)[O-])ccc2Oc2cccc(C#N)c2)ccc1=O. The summed E-state index contributed by atoms with van der Waals surface area (Å²) in [6.07, 6.45) is 1.58. The number of aromatic nitrogens is 1. The Balaban J connectivity index is 2.12. The third-order valence-corrected chi connectivity index (χ3v) is 3.76. The van der Waals surface area contributed by atoms with Gasteiger partial charge in [0.15, 0.2) is 0 Å². The molecule has 0 spiro atoms. The summed E-state index contributed by atoms with van der Waals surface area (Å²) in [5.41, 5.74) is 1.22. The second kappa shape index (κ2) is 6.91. The molecule has 7 heteroatoms. The Hall–Kier alpha value is -3.92. The maximum atomic E-state index is 11.6. The predicted molar refractivity (Wildman–Crippen MR) is 95.0 cm³/mol. The number of pyridine rings is 1. The third-order valence-electron chi connectivity index (χ3n) is 3.76. The zero-order chi connectivity index (χ0) is 18.7. The Labute approximate surface area is 148 Å². The molecule has 0 bridgehead atoms. The number of aryl methyl sites for hydroxylation is 1. The summed E-state index contributed by atoms with van der Waals surface area (Å²) in [6, 6.07) is 15.8. The molecule has 0 radical (unpaired) electrons. The molecule has 0 saturated heterocycles. The summed E-state index contributed by atoms with van der Waals surface area (Å²) < 4.78 is 7.23.